The van der Waals surface area contributed by atoms with Gasteiger partial charge in [0.1, 0.15) is 10.8 Å². The molecule has 1 saturated heterocycles. The molecule has 0 bridgehead atoms. The molecule has 3 rings (SSSR count). The SMILES string of the molecule is CC(C)(C)OC(=O)N1CCCCC1c1ccc(COCc2cc(C(F)(F)F)cc(Cl)n2)cc1. The minimum atomic E-state index is -4.50. The number of hydrogen-bond acceptors (Lipinski definition) is 4. The van der Waals surface area contributed by atoms with Crippen LogP contribution in [0.5, 0.6) is 0 Å². The number of nitrogens with zero attached hydrogens (tertiary/aromatic N) is 2. The van der Waals surface area contributed by atoms with Crippen molar-refractivity contribution in [2.75, 3.05) is 6.54 Å². The normalized spacial score (nSPS) is 17.2. The maximum atomic E-state index is 12.9. The lowest BCUT2D eigenvalue weighted by molar-refractivity contribution is -0.137. The number of hydrogen-bond donors (Lipinski definition) is 0. The topological polar surface area (TPSA) is 51.7 Å². The van der Waals surface area contributed by atoms with Crippen LogP contribution in [0.4, 0.5) is 18.0 Å². The van der Waals surface area contributed by atoms with Crippen molar-refractivity contribution in [3.8, 4) is 0 Å². The minimum absolute atomic E-state index is 0.0555. The number of carbonyl (C=O) groups excluding carboxylic acids is 1. The molecule has 0 N–H and O–H groups in total. The van der Waals surface area contributed by atoms with Gasteiger partial charge in [-0.15, -0.1) is 0 Å². The fourth-order valence-corrected chi connectivity index (χ4v) is 3.94. The molecular formula is C24H28ClF3N2O3. The van der Waals surface area contributed by atoms with Crippen LogP contribution < -0.4 is 0 Å². The molecule has 1 aromatic heterocycles. The Morgan fingerprint density at radius 3 is 2.45 bits per heavy atom. The Bertz CT molecular complexity index is 959. The van der Waals surface area contributed by atoms with E-state index in [-0.39, 0.29) is 36.2 Å². The van der Waals surface area contributed by atoms with E-state index in [2.05, 4.69) is 4.98 Å². The summed E-state index contributed by atoms with van der Waals surface area (Å²) in [6, 6.07) is 9.35. The number of carbonyl (C=O) groups is 1. The van der Waals surface area contributed by atoms with Gasteiger partial charge < -0.3 is 14.4 Å². The van der Waals surface area contributed by atoms with E-state index in [0.29, 0.717) is 6.54 Å². The van der Waals surface area contributed by atoms with E-state index in [1.54, 1.807) is 4.90 Å². The first-order valence-electron chi connectivity index (χ1n) is 10.8. The van der Waals surface area contributed by atoms with Crippen molar-refractivity contribution in [2.24, 2.45) is 0 Å². The molecule has 9 heteroatoms. The van der Waals surface area contributed by atoms with E-state index in [9.17, 15) is 18.0 Å². The fourth-order valence-electron chi connectivity index (χ4n) is 3.72. The van der Waals surface area contributed by atoms with Crippen molar-refractivity contribution in [1.82, 2.24) is 9.88 Å². The molecule has 0 saturated carbocycles. The number of ether oxygens (including phenoxy) is 2. The maximum Gasteiger partial charge on any atom is 0.416 e. The van der Waals surface area contributed by atoms with Gasteiger partial charge in [0.25, 0.3) is 0 Å². The Kier molecular flexibility index (Phi) is 7.90. The highest BCUT2D eigenvalue weighted by molar-refractivity contribution is 6.29. The van der Waals surface area contributed by atoms with Crippen LogP contribution >= 0.6 is 11.6 Å². The lowest BCUT2D eigenvalue weighted by Crippen LogP contribution is -2.41. The molecule has 2 aromatic rings. The van der Waals surface area contributed by atoms with Crippen molar-refractivity contribution in [1.29, 1.82) is 0 Å². The molecule has 1 unspecified atom stereocenters. The molecule has 0 aliphatic carbocycles. The zero-order valence-electron chi connectivity index (χ0n) is 18.9. The Balaban J connectivity index is 1.61. The van der Waals surface area contributed by atoms with Crippen LogP contribution in [0.25, 0.3) is 0 Å². The van der Waals surface area contributed by atoms with Crippen LogP contribution in [0.1, 0.15) is 68.5 Å². The summed E-state index contributed by atoms with van der Waals surface area (Å²) in [4.78, 5) is 18.3. The van der Waals surface area contributed by atoms with E-state index in [1.165, 1.54) is 0 Å². The molecule has 1 aromatic carbocycles. The predicted octanol–water partition coefficient (Wildman–Crippen LogP) is 6.93. The number of benzene rings is 1. The zero-order chi connectivity index (χ0) is 24.2. The highest BCUT2D eigenvalue weighted by Gasteiger charge is 2.32. The second kappa shape index (κ2) is 10.3. The number of pyridine rings is 1. The van der Waals surface area contributed by atoms with Crippen molar-refractivity contribution in [2.45, 2.75) is 71.1 Å². The van der Waals surface area contributed by atoms with E-state index in [4.69, 9.17) is 21.1 Å². The summed E-state index contributed by atoms with van der Waals surface area (Å²) in [7, 11) is 0. The van der Waals surface area contributed by atoms with Crippen molar-refractivity contribution in [3.05, 3.63) is 63.9 Å². The Hall–Kier alpha value is -2.32. The first kappa shape index (κ1) is 25.3. The molecular weight excluding hydrogens is 457 g/mol. The monoisotopic (exact) mass is 484 g/mol. The highest BCUT2D eigenvalue weighted by atomic mass is 35.5. The van der Waals surface area contributed by atoms with Gasteiger partial charge in [0.2, 0.25) is 0 Å². The number of rotatable bonds is 5. The van der Waals surface area contributed by atoms with Gasteiger partial charge in [-0.2, -0.15) is 13.2 Å². The number of aromatic nitrogens is 1. The summed E-state index contributed by atoms with van der Waals surface area (Å²) in [5.74, 6) is 0. The number of piperidine rings is 1. The van der Waals surface area contributed by atoms with Gasteiger partial charge in [-0.25, -0.2) is 9.78 Å². The van der Waals surface area contributed by atoms with E-state index in [0.717, 1.165) is 42.5 Å². The smallest absolute Gasteiger partial charge is 0.416 e. The zero-order valence-corrected chi connectivity index (χ0v) is 19.7. The predicted molar refractivity (Wildman–Crippen MR) is 119 cm³/mol. The fraction of sp³-hybridized carbons (Fsp3) is 0.500. The largest absolute Gasteiger partial charge is 0.444 e. The quantitative estimate of drug-likeness (QED) is 0.432. The van der Waals surface area contributed by atoms with Crippen LogP contribution in [0.15, 0.2) is 36.4 Å². The van der Waals surface area contributed by atoms with Gasteiger partial charge in [-0.1, -0.05) is 35.9 Å². The van der Waals surface area contributed by atoms with Crippen LogP contribution in [0.2, 0.25) is 5.15 Å². The molecule has 0 spiro atoms. The number of likely N-dealkylation sites (tertiary alicyclic amines) is 1. The Morgan fingerprint density at radius 2 is 1.82 bits per heavy atom. The average molecular weight is 485 g/mol. The summed E-state index contributed by atoms with van der Waals surface area (Å²) < 4.78 is 49.9. The van der Waals surface area contributed by atoms with Gasteiger partial charge in [0.15, 0.2) is 0 Å². The number of halogens is 4. The third-order valence-electron chi connectivity index (χ3n) is 5.19. The standard InChI is InChI=1S/C24H28ClF3N2O3/c1-23(2,3)33-22(31)30-11-5-4-6-20(30)17-9-7-16(8-10-17)14-32-15-19-12-18(24(26,27)28)13-21(25)29-19/h7-10,12-13,20H,4-6,11,14-15H2,1-3H3. The van der Waals surface area contributed by atoms with E-state index >= 15 is 0 Å². The number of alkyl halides is 3. The molecule has 0 radical (unpaired) electrons. The second-order valence-corrected chi connectivity index (χ2v) is 9.47. The average Bonchev–Trinajstić information content (AvgIpc) is 2.72. The van der Waals surface area contributed by atoms with Crippen molar-refractivity contribution in [3.63, 3.8) is 0 Å². The molecule has 180 valence electrons. The summed E-state index contributed by atoms with van der Waals surface area (Å²) >= 11 is 5.71. The molecule has 2 heterocycles. The molecule has 1 aliphatic rings. The van der Waals surface area contributed by atoms with Crippen LogP contribution in [-0.2, 0) is 28.9 Å². The van der Waals surface area contributed by atoms with E-state index in [1.807, 2.05) is 45.0 Å². The molecule has 1 atom stereocenters. The second-order valence-electron chi connectivity index (χ2n) is 9.09. The van der Waals surface area contributed by atoms with Crippen LogP contribution in [0.3, 0.4) is 0 Å². The molecule has 33 heavy (non-hydrogen) atoms. The van der Waals surface area contributed by atoms with Crippen molar-refractivity contribution >= 4 is 17.7 Å². The van der Waals surface area contributed by atoms with Gasteiger partial charge >= 0.3 is 12.3 Å². The van der Waals surface area contributed by atoms with E-state index < -0.39 is 17.3 Å². The first-order chi connectivity index (χ1) is 15.4. The molecule has 1 amide bonds. The minimum Gasteiger partial charge on any atom is -0.444 e. The lowest BCUT2D eigenvalue weighted by Gasteiger charge is -2.37. The van der Waals surface area contributed by atoms with Crippen LogP contribution in [0, 0.1) is 0 Å². The molecule has 5 nitrogen and oxygen atoms in total. The summed E-state index contributed by atoms with van der Waals surface area (Å²) in [5.41, 5.74) is 0.570. The summed E-state index contributed by atoms with van der Waals surface area (Å²) in [6.45, 7) is 6.30. The van der Waals surface area contributed by atoms with Crippen LogP contribution in [-0.4, -0.2) is 28.1 Å². The van der Waals surface area contributed by atoms with Gasteiger partial charge in [0, 0.05) is 6.54 Å². The molecule has 1 aliphatic heterocycles. The highest BCUT2D eigenvalue weighted by Crippen LogP contribution is 2.33. The summed E-state index contributed by atoms with van der Waals surface area (Å²) in [5, 5.41) is -0.227. The Morgan fingerprint density at radius 1 is 1.12 bits per heavy atom. The third kappa shape index (κ3) is 7.33. The van der Waals surface area contributed by atoms with Gasteiger partial charge in [-0.3, -0.25) is 0 Å². The third-order valence-corrected chi connectivity index (χ3v) is 5.38. The van der Waals surface area contributed by atoms with Crippen molar-refractivity contribution < 1.29 is 27.4 Å². The molecule has 1 fully saturated rings. The maximum absolute atomic E-state index is 12.9. The number of amides is 1. The lowest BCUT2D eigenvalue weighted by atomic mass is 9.95. The first-order valence-corrected chi connectivity index (χ1v) is 11.2. The van der Waals surface area contributed by atoms with Gasteiger partial charge in [0.05, 0.1) is 30.5 Å². The van der Waals surface area contributed by atoms with Gasteiger partial charge in [-0.05, 0) is 63.3 Å². The Labute approximate surface area is 196 Å². The summed E-state index contributed by atoms with van der Waals surface area (Å²) in [6.07, 6.45) is -1.98.